The summed E-state index contributed by atoms with van der Waals surface area (Å²) in [4.78, 5) is 0. The van der Waals surface area contributed by atoms with Crippen LogP contribution < -0.4 is 0 Å². The Morgan fingerprint density at radius 1 is 1.15 bits per heavy atom. The van der Waals surface area contributed by atoms with Crippen LogP contribution in [0.1, 0.15) is 11.3 Å². The van der Waals surface area contributed by atoms with Crippen molar-refractivity contribution in [1.82, 2.24) is 9.78 Å². The molecule has 1 heterocycles. The van der Waals surface area contributed by atoms with Gasteiger partial charge in [0.05, 0.1) is 5.69 Å². The third kappa shape index (κ3) is 1.47. The number of hydrogen-bond donors (Lipinski definition) is 0. The molecule has 66 valence electrons. The predicted molar refractivity (Wildman–Crippen MR) is 53.0 cm³/mol. The lowest BCUT2D eigenvalue weighted by Gasteiger charge is -2.04. The Morgan fingerprint density at radius 3 is 2.62 bits per heavy atom. The van der Waals surface area contributed by atoms with E-state index in [-0.39, 0.29) is 0 Å². The SMILES string of the molecule is Cc1cccc(-n2nccc2C)c1. The van der Waals surface area contributed by atoms with Crippen molar-refractivity contribution < 1.29 is 0 Å². The normalized spacial score (nSPS) is 10.3. The van der Waals surface area contributed by atoms with Gasteiger partial charge in [0.1, 0.15) is 0 Å². The first kappa shape index (κ1) is 8.05. The van der Waals surface area contributed by atoms with Crippen molar-refractivity contribution in [2.75, 3.05) is 0 Å². The molecule has 13 heavy (non-hydrogen) atoms. The number of nitrogens with zero attached hydrogens (tertiary/aromatic N) is 2. The third-order valence-corrected chi connectivity index (χ3v) is 2.08. The summed E-state index contributed by atoms with van der Waals surface area (Å²) in [5.41, 5.74) is 3.54. The molecule has 0 bridgehead atoms. The number of hydrogen-bond acceptors (Lipinski definition) is 1. The van der Waals surface area contributed by atoms with Crippen molar-refractivity contribution in [1.29, 1.82) is 0 Å². The summed E-state index contributed by atoms with van der Waals surface area (Å²) in [6.45, 7) is 4.14. The van der Waals surface area contributed by atoms with Gasteiger partial charge < -0.3 is 0 Å². The maximum Gasteiger partial charge on any atom is 0.0651 e. The van der Waals surface area contributed by atoms with Crippen LogP contribution in [-0.4, -0.2) is 9.78 Å². The summed E-state index contributed by atoms with van der Waals surface area (Å²) in [5.74, 6) is 0. The number of benzene rings is 1. The van der Waals surface area contributed by atoms with Gasteiger partial charge in [0, 0.05) is 11.9 Å². The summed E-state index contributed by atoms with van der Waals surface area (Å²) >= 11 is 0. The van der Waals surface area contributed by atoms with E-state index in [1.165, 1.54) is 5.56 Å². The first-order valence-electron chi connectivity index (χ1n) is 4.35. The van der Waals surface area contributed by atoms with Gasteiger partial charge in [-0.2, -0.15) is 5.10 Å². The summed E-state index contributed by atoms with van der Waals surface area (Å²) in [6, 6.07) is 10.3. The Hall–Kier alpha value is -1.57. The van der Waals surface area contributed by atoms with E-state index < -0.39 is 0 Å². The molecule has 0 amide bonds. The highest BCUT2D eigenvalue weighted by Gasteiger charge is 1.99. The molecule has 0 unspecified atom stereocenters. The molecule has 0 aliphatic carbocycles. The Kier molecular flexibility index (Phi) is 1.89. The molecule has 0 aliphatic rings. The molecule has 0 spiro atoms. The Bertz CT molecular complexity index is 416. The monoisotopic (exact) mass is 172 g/mol. The summed E-state index contributed by atoms with van der Waals surface area (Å²) in [5, 5.41) is 4.24. The average Bonchev–Trinajstić information content (AvgIpc) is 2.51. The Labute approximate surface area is 77.8 Å². The van der Waals surface area contributed by atoms with Crippen LogP contribution in [0.3, 0.4) is 0 Å². The second kappa shape index (κ2) is 3.05. The van der Waals surface area contributed by atoms with Crippen molar-refractivity contribution in [2.45, 2.75) is 13.8 Å². The van der Waals surface area contributed by atoms with Crippen molar-refractivity contribution >= 4 is 0 Å². The largest absolute Gasteiger partial charge is 0.238 e. The molecular weight excluding hydrogens is 160 g/mol. The third-order valence-electron chi connectivity index (χ3n) is 2.08. The van der Waals surface area contributed by atoms with Crippen molar-refractivity contribution in [3.05, 3.63) is 47.8 Å². The lowest BCUT2D eigenvalue weighted by Crippen LogP contribution is -1.98. The van der Waals surface area contributed by atoms with E-state index in [0.717, 1.165) is 11.4 Å². The maximum atomic E-state index is 4.24. The van der Waals surface area contributed by atoms with Gasteiger partial charge >= 0.3 is 0 Å². The van der Waals surface area contributed by atoms with Crippen LogP contribution in [0.15, 0.2) is 36.5 Å². The van der Waals surface area contributed by atoms with Crippen LogP contribution in [0.4, 0.5) is 0 Å². The highest BCUT2D eigenvalue weighted by atomic mass is 15.3. The molecule has 0 saturated heterocycles. The molecule has 0 fully saturated rings. The second-order valence-corrected chi connectivity index (χ2v) is 3.22. The minimum atomic E-state index is 1.13. The Morgan fingerprint density at radius 2 is 2.00 bits per heavy atom. The van der Waals surface area contributed by atoms with E-state index in [9.17, 15) is 0 Å². The smallest absolute Gasteiger partial charge is 0.0651 e. The summed E-state index contributed by atoms with van der Waals surface area (Å²) in [6.07, 6.45) is 1.82. The highest BCUT2D eigenvalue weighted by molar-refractivity contribution is 5.35. The molecule has 1 aromatic carbocycles. The fourth-order valence-electron chi connectivity index (χ4n) is 1.40. The molecule has 1 aromatic heterocycles. The maximum absolute atomic E-state index is 4.24. The zero-order chi connectivity index (χ0) is 9.26. The van der Waals surface area contributed by atoms with Crippen LogP contribution >= 0.6 is 0 Å². The van der Waals surface area contributed by atoms with Crippen molar-refractivity contribution in [3.63, 3.8) is 0 Å². The lowest BCUT2D eigenvalue weighted by molar-refractivity contribution is 0.846. The minimum absolute atomic E-state index is 1.13. The fourth-order valence-corrected chi connectivity index (χ4v) is 1.40. The van der Waals surface area contributed by atoms with Gasteiger partial charge in [0.15, 0.2) is 0 Å². The molecular formula is C11H12N2. The van der Waals surface area contributed by atoms with E-state index in [1.807, 2.05) is 23.0 Å². The standard InChI is InChI=1S/C11H12N2/c1-9-4-3-5-11(8-9)13-10(2)6-7-12-13/h3-8H,1-2H3. The van der Waals surface area contributed by atoms with Crippen LogP contribution in [0.25, 0.3) is 5.69 Å². The zero-order valence-corrected chi connectivity index (χ0v) is 7.86. The zero-order valence-electron chi connectivity index (χ0n) is 7.86. The summed E-state index contributed by atoms with van der Waals surface area (Å²) in [7, 11) is 0. The molecule has 0 N–H and O–H groups in total. The topological polar surface area (TPSA) is 17.8 Å². The van der Waals surface area contributed by atoms with Gasteiger partial charge in [0.2, 0.25) is 0 Å². The van der Waals surface area contributed by atoms with Gasteiger partial charge in [-0.15, -0.1) is 0 Å². The van der Waals surface area contributed by atoms with Gasteiger partial charge in [0.25, 0.3) is 0 Å². The van der Waals surface area contributed by atoms with E-state index in [0.29, 0.717) is 0 Å². The lowest BCUT2D eigenvalue weighted by atomic mass is 10.2. The minimum Gasteiger partial charge on any atom is -0.238 e. The number of rotatable bonds is 1. The molecule has 0 radical (unpaired) electrons. The van der Waals surface area contributed by atoms with Crippen molar-refractivity contribution in [3.8, 4) is 5.69 Å². The van der Waals surface area contributed by atoms with Crippen LogP contribution in [0.5, 0.6) is 0 Å². The predicted octanol–water partition coefficient (Wildman–Crippen LogP) is 2.49. The Balaban J connectivity index is 2.53. The van der Waals surface area contributed by atoms with Gasteiger partial charge in [-0.25, -0.2) is 4.68 Å². The fraction of sp³-hybridized carbons (Fsp3) is 0.182. The number of aromatic nitrogens is 2. The van der Waals surface area contributed by atoms with Gasteiger partial charge in [-0.05, 0) is 37.6 Å². The molecule has 2 rings (SSSR count). The molecule has 0 saturated carbocycles. The van der Waals surface area contributed by atoms with Crippen molar-refractivity contribution in [2.24, 2.45) is 0 Å². The molecule has 0 atom stereocenters. The van der Waals surface area contributed by atoms with Crippen LogP contribution in [0.2, 0.25) is 0 Å². The van der Waals surface area contributed by atoms with E-state index in [2.05, 4.69) is 37.1 Å². The van der Waals surface area contributed by atoms with Gasteiger partial charge in [-0.1, -0.05) is 12.1 Å². The highest BCUT2D eigenvalue weighted by Crippen LogP contribution is 2.10. The van der Waals surface area contributed by atoms with Crippen LogP contribution in [-0.2, 0) is 0 Å². The van der Waals surface area contributed by atoms with E-state index >= 15 is 0 Å². The second-order valence-electron chi connectivity index (χ2n) is 3.22. The molecule has 2 aromatic rings. The van der Waals surface area contributed by atoms with E-state index in [4.69, 9.17) is 0 Å². The quantitative estimate of drug-likeness (QED) is 0.646. The molecule has 2 heteroatoms. The average molecular weight is 172 g/mol. The first-order valence-corrected chi connectivity index (χ1v) is 4.35. The van der Waals surface area contributed by atoms with Gasteiger partial charge in [-0.3, -0.25) is 0 Å². The summed E-state index contributed by atoms with van der Waals surface area (Å²) < 4.78 is 1.94. The van der Waals surface area contributed by atoms with E-state index in [1.54, 1.807) is 0 Å². The molecule has 0 aliphatic heterocycles. The van der Waals surface area contributed by atoms with Crippen LogP contribution in [0, 0.1) is 13.8 Å². The first-order chi connectivity index (χ1) is 6.27. The number of aryl methyl sites for hydroxylation is 2. The molecule has 2 nitrogen and oxygen atoms in total.